The molecule has 0 radical (unpaired) electrons. The Kier molecular flexibility index (Phi) is 10.5. The highest BCUT2D eigenvalue weighted by Gasteiger charge is 2.29. The van der Waals surface area contributed by atoms with Gasteiger partial charge in [-0.15, -0.1) is 0 Å². The van der Waals surface area contributed by atoms with Crippen molar-refractivity contribution in [2.75, 3.05) is 26.8 Å². The molecule has 2 aromatic carbocycles. The third-order valence-electron chi connectivity index (χ3n) is 6.77. The first-order valence-electron chi connectivity index (χ1n) is 12.5. The van der Waals surface area contributed by atoms with Crippen molar-refractivity contribution in [3.63, 3.8) is 0 Å². The van der Waals surface area contributed by atoms with Gasteiger partial charge in [0, 0.05) is 34.3 Å². The van der Waals surface area contributed by atoms with E-state index < -0.39 is 17.9 Å². The molecule has 1 aliphatic rings. The fraction of sp³-hybridized carbons (Fsp3) is 0.444. The van der Waals surface area contributed by atoms with Crippen LogP contribution in [0.5, 0.6) is 11.5 Å². The number of benzene rings is 2. The Morgan fingerprint density at radius 3 is 2.58 bits per heavy atom. The highest BCUT2D eigenvalue weighted by atomic mass is 35.5. The number of piperidine rings is 1. The molecule has 2 aromatic rings. The summed E-state index contributed by atoms with van der Waals surface area (Å²) in [6, 6.07) is 7.41. The van der Waals surface area contributed by atoms with Gasteiger partial charge in [0.05, 0.1) is 13.7 Å². The van der Waals surface area contributed by atoms with E-state index in [1.807, 2.05) is 6.07 Å². The summed E-state index contributed by atoms with van der Waals surface area (Å²) >= 11 is 12.2. The second-order valence-electron chi connectivity index (χ2n) is 9.41. The zero-order valence-electron chi connectivity index (χ0n) is 21.6. The van der Waals surface area contributed by atoms with Gasteiger partial charge in [0.1, 0.15) is 17.5 Å². The number of hydrogen-bond donors (Lipinski definition) is 4. The third-order valence-corrected chi connectivity index (χ3v) is 7.36. The summed E-state index contributed by atoms with van der Waals surface area (Å²) in [5.74, 6) is -0.569. The van der Waals surface area contributed by atoms with Gasteiger partial charge in [0.15, 0.2) is 5.96 Å². The number of methoxy groups -OCH3 is 1. The molecular formula is C27H34Cl2N4O5. The van der Waals surface area contributed by atoms with Crippen LogP contribution in [0.25, 0.3) is 0 Å². The average Bonchev–Trinajstić information content (AvgIpc) is 2.89. The van der Waals surface area contributed by atoms with Gasteiger partial charge in [0.2, 0.25) is 0 Å². The number of guanidine groups is 1. The lowest BCUT2D eigenvalue weighted by Crippen LogP contribution is -2.46. The maximum Gasteiger partial charge on any atom is 0.328 e. The van der Waals surface area contributed by atoms with Crippen LogP contribution < -0.4 is 15.8 Å². The first kappa shape index (κ1) is 29.4. The molecule has 0 unspecified atom stereocenters. The first-order valence-corrected chi connectivity index (χ1v) is 13.2. The molecule has 38 heavy (non-hydrogen) atoms. The minimum absolute atomic E-state index is 0.0345. The van der Waals surface area contributed by atoms with Crippen LogP contribution in [-0.4, -0.2) is 60.7 Å². The Balaban J connectivity index is 1.62. The zero-order valence-corrected chi connectivity index (χ0v) is 23.1. The van der Waals surface area contributed by atoms with Gasteiger partial charge in [-0.1, -0.05) is 29.3 Å². The van der Waals surface area contributed by atoms with Gasteiger partial charge in [0.25, 0.3) is 5.91 Å². The number of hydrogen-bond acceptors (Lipinski definition) is 6. The lowest BCUT2D eigenvalue weighted by atomic mass is 9.90. The van der Waals surface area contributed by atoms with Crippen molar-refractivity contribution in [2.24, 2.45) is 11.7 Å². The van der Waals surface area contributed by atoms with Crippen LogP contribution in [0.15, 0.2) is 30.3 Å². The monoisotopic (exact) mass is 564 g/mol. The van der Waals surface area contributed by atoms with E-state index in [-0.39, 0.29) is 23.2 Å². The molecule has 0 aromatic heterocycles. The number of amides is 1. The summed E-state index contributed by atoms with van der Waals surface area (Å²) in [5, 5.41) is 21.9. The number of phenolic OH excluding ortho intramolecular Hbond substituents is 1. The number of nitrogens with zero attached hydrogens (tertiary/aromatic N) is 1. The van der Waals surface area contributed by atoms with Gasteiger partial charge < -0.3 is 30.5 Å². The third kappa shape index (κ3) is 7.91. The number of aryl methyl sites for hydroxylation is 1. The SMILES string of the molecule is COC(=O)[C@H](CC1CCN(C(=N)N)CC1)NC(=O)c1cc(O)c(C)c(OCCCc2ccc(Cl)cc2Cl)c1. The quantitative estimate of drug-likeness (QED) is 0.146. The Morgan fingerprint density at radius 2 is 1.95 bits per heavy atom. The number of nitrogens with one attached hydrogen (secondary N) is 2. The Hall–Kier alpha value is -3.17. The van der Waals surface area contributed by atoms with E-state index in [0.29, 0.717) is 60.3 Å². The molecule has 5 N–H and O–H groups in total. The van der Waals surface area contributed by atoms with Crippen LogP contribution in [0.2, 0.25) is 10.0 Å². The minimum atomic E-state index is -0.849. The topological polar surface area (TPSA) is 138 Å². The predicted molar refractivity (Wildman–Crippen MR) is 147 cm³/mol. The lowest BCUT2D eigenvalue weighted by Gasteiger charge is -2.33. The van der Waals surface area contributed by atoms with Crippen molar-refractivity contribution in [2.45, 2.75) is 45.1 Å². The number of halogens is 2. The predicted octanol–water partition coefficient (Wildman–Crippen LogP) is 4.29. The van der Waals surface area contributed by atoms with Gasteiger partial charge in [-0.25, -0.2) is 4.79 Å². The summed E-state index contributed by atoms with van der Waals surface area (Å²) in [7, 11) is 1.28. The van der Waals surface area contributed by atoms with E-state index in [9.17, 15) is 14.7 Å². The van der Waals surface area contributed by atoms with Gasteiger partial charge in [-0.2, -0.15) is 0 Å². The van der Waals surface area contributed by atoms with Crippen molar-refractivity contribution in [3.8, 4) is 11.5 Å². The maximum absolute atomic E-state index is 13.1. The van der Waals surface area contributed by atoms with E-state index in [1.54, 1.807) is 30.0 Å². The lowest BCUT2D eigenvalue weighted by molar-refractivity contribution is -0.143. The second-order valence-corrected chi connectivity index (χ2v) is 10.3. The highest BCUT2D eigenvalue weighted by molar-refractivity contribution is 6.35. The molecule has 1 atom stereocenters. The van der Waals surface area contributed by atoms with Crippen molar-refractivity contribution in [1.29, 1.82) is 5.41 Å². The number of nitrogens with two attached hydrogens (primary N) is 1. The molecule has 0 spiro atoms. The number of aromatic hydroxyl groups is 1. The van der Waals surface area contributed by atoms with E-state index in [1.165, 1.54) is 13.2 Å². The molecule has 1 amide bonds. The molecular weight excluding hydrogens is 531 g/mol. The Bertz CT molecular complexity index is 1170. The summed E-state index contributed by atoms with van der Waals surface area (Å²) in [4.78, 5) is 27.3. The van der Waals surface area contributed by atoms with Gasteiger partial charge >= 0.3 is 5.97 Å². The minimum Gasteiger partial charge on any atom is -0.508 e. The molecule has 0 bridgehead atoms. The second kappa shape index (κ2) is 13.6. The molecule has 0 saturated carbocycles. The maximum atomic E-state index is 13.1. The number of likely N-dealkylation sites (tertiary alicyclic amines) is 1. The van der Waals surface area contributed by atoms with Crippen LogP contribution in [0.1, 0.15) is 47.2 Å². The van der Waals surface area contributed by atoms with Crippen LogP contribution in [0.3, 0.4) is 0 Å². The number of rotatable bonds is 10. The van der Waals surface area contributed by atoms with Crippen LogP contribution in [-0.2, 0) is 16.0 Å². The molecule has 11 heteroatoms. The molecule has 9 nitrogen and oxygen atoms in total. The number of carbonyl (C=O) groups excluding carboxylic acids is 2. The van der Waals surface area contributed by atoms with E-state index in [2.05, 4.69) is 5.32 Å². The average molecular weight is 565 g/mol. The van der Waals surface area contributed by atoms with Crippen LogP contribution in [0.4, 0.5) is 0 Å². The molecule has 1 aliphatic heterocycles. The first-order chi connectivity index (χ1) is 18.1. The molecule has 1 fully saturated rings. The highest BCUT2D eigenvalue weighted by Crippen LogP contribution is 2.30. The van der Waals surface area contributed by atoms with Crippen LogP contribution >= 0.6 is 23.2 Å². The van der Waals surface area contributed by atoms with Gasteiger partial charge in [-0.05, 0) is 74.8 Å². The van der Waals surface area contributed by atoms with Crippen molar-refractivity contribution >= 4 is 41.0 Å². The molecule has 206 valence electrons. The standard InChI is InChI=1S/C27H34Cl2N4O5/c1-16-23(34)13-19(14-24(16)38-11-3-4-18-5-6-20(28)15-21(18)29)25(35)32-22(26(36)37-2)12-17-7-9-33(10-8-17)27(30)31/h5-6,13-15,17,22,34H,3-4,7-12H2,1-2H3,(H3,30,31)(H,32,35)/t22-/m0/s1. The summed E-state index contributed by atoms with van der Waals surface area (Å²) in [6.45, 7) is 3.29. The van der Waals surface area contributed by atoms with Gasteiger partial charge in [-0.3, -0.25) is 10.2 Å². The van der Waals surface area contributed by atoms with E-state index in [0.717, 1.165) is 18.4 Å². The number of ether oxygens (including phenoxy) is 2. The summed E-state index contributed by atoms with van der Waals surface area (Å²) in [5.41, 5.74) is 7.19. The largest absolute Gasteiger partial charge is 0.508 e. The van der Waals surface area contributed by atoms with Crippen LogP contribution in [0, 0.1) is 18.3 Å². The zero-order chi connectivity index (χ0) is 27.8. The summed E-state index contributed by atoms with van der Waals surface area (Å²) < 4.78 is 10.8. The molecule has 0 aliphatic carbocycles. The fourth-order valence-corrected chi connectivity index (χ4v) is 4.97. The van der Waals surface area contributed by atoms with E-state index >= 15 is 0 Å². The molecule has 3 rings (SSSR count). The van der Waals surface area contributed by atoms with E-state index in [4.69, 9.17) is 43.8 Å². The molecule has 1 saturated heterocycles. The summed E-state index contributed by atoms with van der Waals surface area (Å²) in [6.07, 6.45) is 3.22. The van der Waals surface area contributed by atoms with Crippen molar-refractivity contribution in [3.05, 3.63) is 57.1 Å². The molecule has 1 heterocycles. The smallest absolute Gasteiger partial charge is 0.328 e. The number of phenols is 1. The normalized spacial score (nSPS) is 14.6. The Labute approximate surface area is 232 Å². The van der Waals surface area contributed by atoms with Crippen molar-refractivity contribution in [1.82, 2.24) is 10.2 Å². The Morgan fingerprint density at radius 1 is 1.24 bits per heavy atom. The fourth-order valence-electron chi connectivity index (χ4n) is 4.46. The van der Waals surface area contributed by atoms with Crippen molar-refractivity contribution < 1.29 is 24.2 Å². The number of carbonyl (C=O) groups is 2. The number of esters is 1.